The minimum absolute atomic E-state index is 0.0757. The van der Waals surface area contributed by atoms with Crippen molar-refractivity contribution in [3.8, 4) is 11.4 Å². The lowest BCUT2D eigenvalue weighted by molar-refractivity contribution is -0.384. The molecule has 1 heterocycles. The average Bonchev–Trinajstić information content (AvgIpc) is 3.00. The zero-order valence-electron chi connectivity index (χ0n) is 15.4. The van der Waals surface area contributed by atoms with Gasteiger partial charge in [-0.05, 0) is 16.5 Å². The average molecular weight is 383 g/mol. The number of aromatic nitrogens is 3. The Morgan fingerprint density at radius 1 is 1.07 bits per heavy atom. The molecule has 0 aliphatic rings. The van der Waals surface area contributed by atoms with Gasteiger partial charge in [0.25, 0.3) is 5.69 Å². The predicted molar refractivity (Wildman–Crippen MR) is 107 cm³/mol. The molecule has 0 fully saturated rings. The zero-order valence-corrected chi connectivity index (χ0v) is 16.2. The normalized spacial score (nSPS) is 11.5. The third kappa shape index (κ3) is 4.28. The fourth-order valence-corrected chi connectivity index (χ4v) is 3.37. The highest BCUT2D eigenvalue weighted by molar-refractivity contribution is 7.98. The Hall–Kier alpha value is -2.87. The van der Waals surface area contributed by atoms with E-state index in [1.807, 2.05) is 12.1 Å². The van der Waals surface area contributed by atoms with Gasteiger partial charge in [0.15, 0.2) is 5.82 Å². The summed E-state index contributed by atoms with van der Waals surface area (Å²) in [6.45, 7) is 6.50. The molecule has 0 atom stereocenters. The highest BCUT2D eigenvalue weighted by Crippen LogP contribution is 2.27. The van der Waals surface area contributed by atoms with Gasteiger partial charge in [0, 0.05) is 23.4 Å². The molecule has 0 amide bonds. The van der Waals surface area contributed by atoms with Crippen LogP contribution in [0.15, 0.2) is 53.7 Å². The Morgan fingerprint density at radius 2 is 1.70 bits per heavy atom. The summed E-state index contributed by atoms with van der Waals surface area (Å²) in [5.41, 5.74) is 3.25. The second kappa shape index (κ2) is 7.40. The number of nitrogen functional groups attached to an aromatic ring is 1. The minimum Gasteiger partial charge on any atom is -0.335 e. The monoisotopic (exact) mass is 383 g/mol. The van der Waals surface area contributed by atoms with Crippen molar-refractivity contribution in [3.63, 3.8) is 0 Å². The van der Waals surface area contributed by atoms with Crippen LogP contribution < -0.4 is 5.84 Å². The smallest absolute Gasteiger partial charge is 0.269 e. The van der Waals surface area contributed by atoms with E-state index in [1.54, 1.807) is 12.1 Å². The summed E-state index contributed by atoms with van der Waals surface area (Å²) in [5.74, 6) is 7.36. The van der Waals surface area contributed by atoms with E-state index in [1.165, 1.54) is 34.1 Å². The van der Waals surface area contributed by atoms with Gasteiger partial charge in [-0.3, -0.25) is 10.1 Å². The molecule has 8 heteroatoms. The second-order valence-corrected chi connectivity index (χ2v) is 8.16. The number of nitrogens with zero attached hydrogens (tertiary/aromatic N) is 4. The molecule has 140 valence electrons. The summed E-state index contributed by atoms with van der Waals surface area (Å²) >= 11 is 1.43. The molecule has 0 unspecified atom stereocenters. The fraction of sp³-hybridized carbons (Fsp3) is 0.263. The van der Waals surface area contributed by atoms with Crippen LogP contribution in [0.2, 0.25) is 0 Å². The van der Waals surface area contributed by atoms with Gasteiger partial charge >= 0.3 is 0 Å². The first-order valence-corrected chi connectivity index (χ1v) is 9.42. The number of nitro benzene ring substituents is 1. The van der Waals surface area contributed by atoms with E-state index in [9.17, 15) is 10.1 Å². The molecule has 2 aromatic carbocycles. The number of non-ortho nitro benzene ring substituents is 1. The topological polar surface area (TPSA) is 99.9 Å². The molecule has 7 nitrogen and oxygen atoms in total. The Bertz CT molecular complexity index is 944. The molecular weight excluding hydrogens is 362 g/mol. The standard InChI is InChI=1S/C19H21N5O2S/c1-19(2,3)15-8-6-14(7-9-15)17-21-22-18(23(17)20)27-12-13-4-10-16(11-5-13)24(25)26/h4-11H,12,20H2,1-3H3. The predicted octanol–water partition coefficient (Wildman–Crippen LogP) is 4.16. The van der Waals surface area contributed by atoms with Crippen LogP contribution in [0.4, 0.5) is 5.69 Å². The van der Waals surface area contributed by atoms with Crippen LogP contribution >= 0.6 is 11.8 Å². The van der Waals surface area contributed by atoms with E-state index in [0.717, 1.165) is 11.1 Å². The summed E-state index contributed by atoms with van der Waals surface area (Å²) in [6, 6.07) is 14.6. The Balaban J connectivity index is 1.72. The van der Waals surface area contributed by atoms with Gasteiger partial charge < -0.3 is 5.84 Å². The third-order valence-corrected chi connectivity index (χ3v) is 5.20. The molecule has 0 aliphatic carbocycles. The van der Waals surface area contributed by atoms with E-state index in [-0.39, 0.29) is 11.1 Å². The van der Waals surface area contributed by atoms with Crippen molar-refractivity contribution in [1.82, 2.24) is 14.9 Å². The molecule has 0 saturated heterocycles. The van der Waals surface area contributed by atoms with Crippen molar-refractivity contribution < 1.29 is 4.92 Å². The van der Waals surface area contributed by atoms with Crippen molar-refractivity contribution >= 4 is 17.4 Å². The van der Waals surface area contributed by atoms with Crippen LogP contribution in [0, 0.1) is 10.1 Å². The molecule has 2 N–H and O–H groups in total. The van der Waals surface area contributed by atoms with E-state index in [2.05, 4.69) is 43.1 Å². The molecule has 0 saturated carbocycles. The summed E-state index contributed by atoms with van der Waals surface area (Å²) in [7, 11) is 0. The number of hydrogen-bond acceptors (Lipinski definition) is 6. The number of nitrogens with two attached hydrogens (primary N) is 1. The third-order valence-electron chi connectivity index (χ3n) is 4.19. The number of nitro groups is 1. The van der Waals surface area contributed by atoms with Crippen LogP contribution in [0.1, 0.15) is 31.9 Å². The Morgan fingerprint density at radius 3 is 2.26 bits per heavy atom. The maximum Gasteiger partial charge on any atom is 0.269 e. The van der Waals surface area contributed by atoms with Crippen molar-refractivity contribution in [2.24, 2.45) is 0 Å². The molecule has 0 bridgehead atoms. The van der Waals surface area contributed by atoms with Crippen molar-refractivity contribution in [2.45, 2.75) is 37.1 Å². The quantitative estimate of drug-likeness (QED) is 0.307. The Kier molecular flexibility index (Phi) is 5.18. The molecule has 3 rings (SSSR count). The van der Waals surface area contributed by atoms with Crippen LogP contribution in [-0.2, 0) is 11.2 Å². The first-order chi connectivity index (χ1) is 12.8. The lowest BCUT2D eigenvalue weighted by Gasteiger charge is -2.19. The molecule has 27 heavy (non-hydrogen) atoms. The SMILES string of the molecule is CC(C)(C)c1ccc(-c2nnc(SCc3ccc([N+](=O)[O-])cc3)n2N)cc1. The largest absolute Gasteiger partial charge is 0.335 e. The molecule has 3 aromatic rings. The highest BCUT2D eigenvalue weighted by Gasteiger charge is 2.16. The number of thioether (sulfide) groups is 1. The van der Waals surface area contributed by atoms with Gasteiger partial charge in [-0.15, -0.1) is 10.2 Å². The lowest BCUT2D eigenvalue weighted by atomic mass is 9.87. The van der Waals surface area contributed by atoms with Gasteiger partial charge in [-0.1, -0.05) is 68.9 Å². The van der Waals surface area contributed by atoms with E-state index >= 15 is 0 Å². The fourth-order valence-electron chi connectivity index (χ4n) is 2.55. The van der Waals surface area contributed by atoms with E-state index in [0.29, 0.717) is 16.7 Å². The first-order valence-electron chi connectivity index (χ1n) is 8.43. The number of hydrogen-bond donors (Lipinski definition) is 1. The minimum atomic E-state index is -0.412. The van der Waals surface area contributed by atoms with E-state index in [4.69, 9.17) is 5.84 Å². The second-order valence-electron chi connectivity index (χ2n) is 7.22. The number of rotatable bonds is 5. The van der Waals surface area contributed by atoms with Crippen molar-refractivity contribution in [1.29, 1.82) is 0 Å². The maximum absolute atomic E-state index is 10.7. The maximum atomic E-state index is 10.7. The highest BCUT2D eigenvalue weighted by atomic mass is 32.2. The first kappa shape index (κ1) is 18.9. The molecule has 0 spiro atoms. The molecule has 0 radical (unpaired) electrons. The van der Waals surface area contributed by atoms with Crippen molar-refractivity contribution in [2.75, 3.05) is 5.84 Å². The lowest BCUT2D eigenvalue weighted by Crippen LogP contribution is -2.12. The number of benzene rings is 2. The summed E-state index contributed by atoms with van der Waals surface area (Å²) in [5, 5.41) is 19.7. The van der Waals surface area contributed by atoms with Crippen LogP contribution in [0.25, 0.3) is 11.4 Å². The van der Waals surface area contributed by atoms with Gasteiger partial charge in [0.2, 0.25) is 5.16 Å². The molecule has 0 aliphatic heterocycles. The van der Waals surface area contributed by atoms with Gasteiger partial charge in [-0.25, -0.2) is 4.68 Å². The van der Waals surface area contributed by atoms with Crippen LogP contribution in [0.3, 0.4) is 0 Å². The van der Waals surface area contributed by atoms with Gasteiger partial charge in [-0.2, -0.15) is 0 Å². The zero-order chi connectivity index (χ0) is 19.6. The Labute approximate surface area is 161 Å². The van der Waals surface area contributed by atoms with E-state index < -0.39 is 4.92 Å². The molecular formula is C19H21N5O2S. The van der Waals surface area contributed by atoms with Crippen LogP contribution in [0.5, 0.6) is 0 Å². The van der Waals surface area contributed by atoms with Gasteiger partial charge in [0.1, 0.15) is 0 Å². The van der Waals surface area contributed by atoms with Crippen LogP contribution in [-0.4, -0.2) is 19.8 Å². The summed E-state index contributed by atoms with van der Waals surface area (Å²) in [6.07, 6.45) is 0. The van der Waals surface area contributed by atoms with Gasteiger partial charge in [0.05, 0.1) is 4.92 Å². The molecule has 1 aromatic heterocycles. The summed E-state index contributed by atoms with van der Waals surface area (Å²) in [4.78, 5) is 10.3. The summed E-state index contributed by atoms with van der Waals surface area (Å²) < 4.78 is 1.47. The van der Waals surface area contributed by atoms with Crippen molar-refractivity contribution in [3.05, 3.63) is 69.8 Å².